The van der Waals surface area contributed by atoms with Crippen molar-refractivity contribution < 1.29 is 28.9 Å². The highest BCUT2D eigenvalue weighted by Gasteiger charge is 2.03. The highest BCUT2D eigenvalue weighted by Crippen LogP contribution is 2.01. The SMILES string of the molecule is CNCCOCCOCCOC(=O)CCCCC(=O)O. The fourth-order valence-electron chi connectivity index (χ4n) is 1.33. The van der Waals surface area contributed by atoms with Crippen LogP contribution in [-0.4, -0.2) is 63.7 Å². The minimum Gasteiger partial charge on any atom is -0.481 e. The highest BCUT2D eigenvalue weighted by atomic mass is 16.6. The zero-order valence-corrected chi connectivity index (χ0v) is 12.1. The third-order valence-corrected chi connectivity index (χ3v) is 2.38. The topological polar surface area (TPSA) is 94.1 Å². The maximum Gasteiger partial charge on any atom is 0.305 e. The maximum atomic E-state index is 11.2. The number of aliphatic carboxylic acids is 1. The quantitative estimate of drug-likeness (QED) is 0.354. The van der Waals surface area contributed by atoms with Gasteiger partial charge in [0.2, 0.25) is 0 Å². The summed E-state index contributed by atoms with van der Waals surface area (Å²) in [6.07, 6.45) is 1.36. The molecule has 0 aliphatic rings. The molecule has 0 aromatic carbocycles. The molecule has 2 N–H and O–H groups in total. The molecule has 0 aliphatic heterocycles. The molecule has 0 bridgehead atoms. The molecule has 0 aromatic rings. The summed E-state index contributed by atoms with van der Waals surface area (Å²) in [6, 6.07) is 0. The first kappa shape index (κ1) is 18.8. The summed E-state index contributed by atoms with van der Waals surface area (Å²) in [5.41, 5.74) is 0. The Bertz CT molecular complexity index is 259. The molecule has 7 heteroatoms. The van der Waals surface area contributed by atoms with E-state index < -0.39 is 5.97 Å². The summed E-state index contributed by atoms with van der Waals surface area (Å²) < 4.78 is 15.4. The molecule has 0 heterocycles. The molecule has 0 rings (SSSR count). The van der Waals surface area contributed by atoms with Crippen molar-refractivity contribution in [2.24, 2.45) is 0 Å². The van der Waals surface area contributed by atoms with Gasteiger partial charge in [-0.3, -0.25) is 9.59 Å². The number of esters is 1. The van der Waals surface area contributed by atoms with Gasteiger partial charge < -0.3 is 24.6 Å². The van der Waals surface area contributed by atoms with Crippen LogP contribution >= 0.6 is 0 Å². The van der Waals surface area contributed by atoms with Crippen LogP contribution in [0.1, 0.15) is 25.7 Å². The van der Waals surface area contributed by atoms with Crippen molar-refractivity contribution in [2.45, 2.75) is 25.7 Å². The Hall–Kier alpha value is -1.18. The second-order valence-corrected chi connectivity index (χ2v) is 4.15. The fraction of sp³-hybridized carbons (Fsp3) is 0.846. The molecule has 0 amide bonds. The van der Waals surface area contributed by atoms with E-state index >= 15 is 0 Å². The number of carboxylic acid groups (broad SMARTS) is 1. The number of carbonyl (C=O) groups excluding carboxylic acids is 1. The molecular formula is C13H25NO6. The maximum absolute atomic E-state index is 11.2. The van der Waals surface area contributed by atoms with Crippen LogP contribution < -0.4 is 5.32 Å². The monoisotopic (exact) mass is 291 g/mol. The van der Waals surface area contributed by atoms with E-state index in [-0.39, 0.29) is 25.4 Å². The molecule has 20 heavy (non-hydrogen) atoms. The number of carbonyl (C=O) groups is 2. The molecule has 0 spiro atoms. The van der Waals surface area contributed by atoms with Crippen LogP contribution in [0, 0.1) is 0 Å². The lowest BCUT2D eigenvalue weighted by atomic mass is 10.2. The van der Waals surface area contributed by atoms with Gasteiger partial charge in [0.05, 0.1) is 26.4 Å². The first-order chi connectivity index (χ1) is 9.66. The fourth-order valence-corrected chi connectivity index (χ4v) is 1.33. The number of likely N-dealkylation sites (N-methyl/N-ethyl adjacent to an activating group) is 1. The number of hydrogen-bond donors (Lipinski definition) is 2. The zero-order chi connectivity index (χ0) is 15.1. The van der Waals surface area contributed by atoms with Gasteiger partial charge in [0.25, 0.3) is 0 Å². The smallest absolute Gasteiger partial charge is 0.305 e. The molecule has 0 radical (unpaired) electrons. The normalized spacial score (nSPS) is 10.4. The Morgan fingerprint density at radius 1 is 0.950 bits per heavy atom. The second-order valence-electron chi connectivity index (χ2n) is 4.15. The Kier molecular flexibility index (Phi) is 13.4. The molecule has 118 valence electrons. The molecule has 7 nitrogen and oxygen atoms in total. The largest absolute Gasteiger partial charge is 0.481 e. The Morgan fingerprint density at radius 3 is 2.20 bits per heavy atom. The van der Waals surface area contributed by atoms with Crippen LogP contribution in [0.15, 0.2) is 0 Å². The standard InChI is InChI=1S/C13H25NO6/c1-14-6-7-18-8-9-19-10-11-20-13(17)5-3-2-4-12(15)16/h14H,2-11H2,1H3,(H,15,16). The predicted molar refractivity (Wildman–Crippen MR) is 72.6 cm³/mol. The molecule has 0 saturated carbocycles. The van der Waals surface area contributed by atoms with Gasteiger partial charge in [0, 0.05) is 19.4 Å². The zero-order valence-electron chi connectivity index (χ0n) is 12.1. The minimum absolute atomic E-state index is 0.0872. The Morgan fingerprint density at radius 2 is 1.55 bits per heavy atom. The number of unbranched alkanes of at least 4 members (excludes halogenated alkanes) is 1. The third kappa shape index (κ3) is 14.9. The molecular weight excluding hydrogens is 266 g/mol. The van der Waals surface area contributed by atoms with Gasteiger partial charge in [-0.1, -0.05) is 0 Å². The van der Waals surface area contributed by atoms with Crippen molar-refractivity contribution in [1.82, 2.24) is 5.32 Å². The van der Waals surface area contributed by atoms with E-state index in [0.717, 1.165) is 6.54 Å². The van der Waals surface area contributed by atoms with Crippen molar-refractivity contribution in [2.75, 3.05) is 46.6 Å². The first-order valence-electron chi connectivity index (χ1n) is 6.84. The van der Waals surface area contributed by atoms with E-state index in [4.69, 9.17) is 19.3 Å². The average molecular weight is 291 g/mol. The van der Waals surface area contributed by atoms with Crippen LogP contribution in [-0.2, 0) is 23.8 Å². The van der Waals surface area contributed by atoms with Crippen LogP contribution in [0.25, 0.3) is 0 Å². The summed E-state index contributed by atoms with van der Waals surface area (Å²) >= 11 is 0. The van der Waals surface area contributed by atoms with Gasteiger partial charge in [-0.25, -0.2) is 0 Å². The lowest BCUT2D eigenvalue weighted by Gasteiger charge is -2.06. The molecule has 0 aromatic heterocycles. The van der Waals surface area contributed by atoms with E-state index in [1.54, 1.807) is 0 Å². The molecule has 0 saturated heterocycles. The molecule has 0 atom stereocenters. The van der Waals surface area contributed by atoms with Gasteiger partial charge in [0.15, 0.2) is 0 Å². The lowest BCUT2D eigenvalue weighted by Crippen LogP contribution is -2.17. The minimum atomic E-state index is -0.844. The van der Waals surface area contributed by atoms with E-state index in [2.05, 4.69) is 5.32 Å². The van der Waals surface area contributed by atoms with Crippen LogP contribution in [0.4, 0.5) is 0 Å². The first-order valence-corrected chi connectivity index (χ1v) is 6.84. The van der Waals surface area contributed by atoms with Crippen molar-refractivity contribution >= 4 is 11.9 Å². The van der Waals surface area contributed by atoms with Gasteiger partial charge >= 0.3 is 11.9 Å². The summed E-state index contributed by atoms with van der Waals surface area (Å²) in [7, 11) is 1.86. The van der Waals surface area contributed by atoms with Crippen molar-refractivity contribution in [3.05, 3.63) is 0 Å². The van der Waals surface area contributed by atoms with Gasteiger partial charge in [-0.05, 0) is 19.9 Å². The number of nitrogens with one attached hydrogen (secondary N) is 1. The predicted octanol–water partition coefficient (Wildman–Crippen LogP) is 0.427. The number of ether oxygens (including phenoxy) is 3. The van der Waals surface area contributed by atoms with E-state index in [0.29, 0.717) is 39.3 Å². The molecule has 0 aliphatic carbocycles. The van der Waals surface area contributed by atoms with Gasteiger partial charge in [-0.2, -0.15) is 0 Å². The summed E-state index contributed by atoms with van der Waals surface area (Å²) in [4.78, 5) is 21.5. The lowest BCUT2D eigenvalue weighted by molar-refractivity contribution is -0.146. The Balaban J connectivity index is 3.17. The van der Waals surface area contributed by atoms with E-state index in [1.807, 2.05) is 7.05 Å². The summed E-state index contributed by atoms with van der Waals surface area (Å²) in [6.45, 7) is 3.00. The average Bonchev–Trinajstić information content (AvgIpc) is 2.41. The second kappa shape index (κ2) is 14.2. The van der Waals surface area contributed by atoms with Crippen LogP contribution in [0.5, 0.6) is 0 Å². The molecule has 0 fully saturated rings. The number of carboxylic acids is 1. The van der Waals surface area contributed by atoms with Gasteiger partial charge in [0.1, 0.15) is 6.61 Å². The van der Waals surface area contributed by atoms with Crippen LogP contribution in [0.3, 0.4) is 0 Å². The van der Waals surface area contributed by atoms with Crippen LogP contribution in [0.2, 0.25) is 0 Å². The highest BCUT2D eigenvalue weighted by molar-refractivity contribution is 5.69. The summed E-state index contributed by atoms with van der Waals surface area (Å²) in [5.74, 6) is -1.16. The van der Waals surface area contributed by atoms with Gasteiger partial charge in [-0.15, -0.1) is 0 Å². The number of hydrogen-bond acceptors (Lipinski definition) is 6. The molecule has 0 unspecified atom stereocenters. The summed E-state index contributed by atoms with van der Waals surface area (Å²) in [5, 5.41) is 11.4. The van der Waals surface area contributed by atoms with E-state index in [1.165, 1.54) is 0 Å². The number of rotatable bonds is 14. The van der Waals surface area contributed by atoms with Crippen molar-refractivity contribution in [1.29, 1.82) is 0 Å². The third-order valence-electron chi connectivity index (χ3n) is 2.38. The van der Waals surface area contributed by atoms with E-state index in [9.17, 15) is 9.59 Å². The van der Waals surface area contributed by atoms with Crippen molar-refractivity contribution in [3.63, 3.8) is 0 Å². The Labute approximate surface area is 119 Å². The van der Waals surface area contributed by atoms with Crippen molar-refractivity contribution in [3.8, 4) is 0 Å².